The molecule has 1 saturated carbocycles. The highest BCUT2D eigenvalue weighted by molar-refractivity contribution is 4.98. The maximum atomic E-state index is 12.2. The Morgan fingerprint density at radius 1 is 1.67 bits per heavy atom. The Bertz CT molecular complexity index is 95.7. The Hall–Kier alpha value is -0.150. The molecular weight excluding hydrogens is 121 g/mol. The molecule has 0 atom stereocenters. The van der Waals surface area contributed by atoms with Crippen molar-refractivity contribution in [3.8, 4) is 0 Å². The number of hydrogen-bond acceptors (Lipinski definition) is 2. The normalized spacial score (nSPS) is 42.3. The van der Waals surface area contributed by atoms with E-state index in [2.05, 4.69) is 0 Å². The summed E-state index contributed by atoms with van der Waals surface area (Å²) in [7, 11) is 0. The van der Waals surface area contributed by atoms with Crippen LogP contribution >= 0.6 is 0 Å². The van der Waals surface area contributed by atoms with Gasteiger partial charge in [-0.2, -0.15) is 0 Å². The van der Waals surface area contributed by atoms with Gasteiger partial charge in [-0.3, -0.25) is 0 Å². The van der Waals surface area contributed by atoms with E-state index in [9.17, 15) is 4.39 Å². The standard InChI is InChI=1S/C6H12FNO/c7-5-3-6(8,4-5)1-2-9/h5,9H,1-4,8H2. The second-order valence-corrected chi connectivity index (χ2v) is 2.84. The van der Waals surface area contributed by atoms with Crippen molar-refractivity contribution in [2.24, 2.45) is 5.73 Å². The molecular formula is C6H12FNO. The molecule has 0 unspecified atom stereocenters. The molecule has 3 heteroatoms. The highest BCUT2D eigenvalue weighted by Gasteiger charge is 2.40. The molecule has 0 radical (unpaired) electrons. The van der Waals surface area contributed by atoms with Crippen molar-refractivity contribution >= 4 is 0 Å². The lowest BCUT2D eigenvalue weighted by Crippen LogP contribution is -2.53. The van der Waals surface area contributed by atoms with Crippen molar-refractivity contribution < 1.29 is 9.50 Å². The SMILES string of the molecule is NC1(CCO)CC(F)C1. The van der Waals surface area contributed by atoms with Crippen LogP contribution in [0.3, 0.4) is 0 Å². The van der Waals surface area contributed by atoms with Gasteiger partial charge < -0.3 is 10.8 Å². The van der Waals surface area contributed by atoms with E-state index in [1.165, 1.54) is 0 Å². The molecule has 0 aromatic heterocycles. The first-order valence-electron chi connectivity index (χ1n) is 3.20. The van der Waals surface area contributed by atoms with E-state index in [0.29, 0.717) is 19.3 Å². The summed E-state index contributed by atoms with van der Waals surface area (Å²) in [6, 6.07) is 0. The van der Waals surface area contributed by atoms with Crippen LogP contribution in [0.4, 0.5) is 4.39 Å². The summed E-state index contributed by atoms with van der Waals surface area (Å²) >= 11 is 0. The van der Waals surface area contributed by atoms with E-state index in [0.717, 1.165) is 0 Å². The molecule has 0 heterocycles. The van der Waals surface area contributed by atoms with E-state index < -0.39 is 6.17 Å². The minimum Gasteiger partial charge on any atom is -0.396 e. The van der Waals surface area contributed by atoms with Crippen LogP contribution in [0.2, 0.25) is 0 Å². The lowest BCUT2D eigenvalue weighted by atomic mass is 9.74. The summed E-state index contributed by atoms with van der Waals surface area (Å²) in [4.78, 5) is 0. The number of alkyl halides is 1. The van der Waals surface area contributed by atoms with E-state index >= 15 is 0 Å². The molecule has 54 valence electrons. The minimum absolute atomic E-state index is 0.0726. The first-order valence-corrected chi connectivity index (χ1v) is 3.20. The molecule has 0 saturated heterocycles. The molecule has 1 aliphatic rings. The molecule has 2 nitrogen and oxygen atoms in total. The Kier molecular flexibility index (Phi) is 1.73. The minimum atomic E-state index is -0.721. The average molecular weight is 133 g/mol. The highest BCUT2D eigenvalue weighted by atomic mass is 19.1. The molecule has 0 aromatic carbocycles. The van der Waals surface area contributed by atoms with Gasteiger partial charge in [-0.05, 0) is 19.3 Å². The van der Waals surface area contributed by atoms with Crippen LogP contribution in [-0.4, -0.2) is 23.4 Å². The Balaban J connectivity index is 2.23. The molecule has 0 bridgehead atoms. The zero-order chi connectivity index (χ0) is 6.91. The van der Waals surface area contributed by atoms with Crippen LogP contribution in [0, 0.1) is 0 Å². The zero-order valence-corrected chi connectivity index (χ0v) is 5.31. The summed E-state index contributed by atoms with van der Waals surface area (Å²) in [6.45, 7) is 0.0726. The third-order valence-electron chi connectivity index (χ3n) is 1.87. The van der Waals surface area contributed by atoms with Crippen LogP contribution in [-0.2, 0) is 0 Å². The van der Waals surface area contributed by atoms with E-state index in [4.69, 9.17) is 10.8 Å². The predicted octanol–water partition coefficient (Wildman–Crippen LogP) is 0.198. The molecule has 1 fully saturated rings. The van der Waals surface area contributed by atoms with E-state index in [1.807, 2.05) is 0 Å². The monoisotopic (exact) mass is 133 g/mol. The first-order chi connectivity index (χ1) is 4.16. The Morgan fingerprint density at radius 2 is 2.22 bits per heavy atom. The van der Waals surface area contributed by atoms with Gasteiger partial charge in [-0.15, -0.1) is 0 Å². The van der Waals surface area contributed by atoms with Gasteiger partial charge in [0.25, 0.3) is 0 Å². The molecule has 0 aliphatic heterocycles. The third kappa shape index (κ3) is 1.40. The van der Waals surface area contributed by atoms with Crippen molar-refractivity contribution in [3.05, 3.63) is 0 Å². The molecule has 0 amide bonds. The number of hydrogen-bond donors (Lipinski definition) is 2. The van der Waals surface area contributed by atoms with Gasteiger partial charge >= 0.3 is 0 Å². The van der Waals surface area contributed by atoms with Crippen LogP contribution in [0.25, 0.3) is 0 Å². The fraction of sp³-hybridized carbons (Fsp3) is 1.00. The largest absolute Gasteiger partial charge is 0.396 e. The lowest BCUT2D eigenvalue weighted by Gasteiger charge is -2.40. The van der Waals surface area contributed by atoms with E-state index in [-0.39, 0.29) is 12.1 Å². The third-order valence-corrected chi connectivity index (χ3v) is 1.87. The van der Waals surface area contributed by atoms with Crippen molar-refractivity contribution in [2.75, 3.05) is 6.61 Å². The summed E-state index contributed by atoms with van der Waals surface area (Å²) < 4.78 is 12.2. The fourth-order valence-corrected chi connectivity index (χ4v) is 1.25. The summed E-state index contributed by atoms with van der Waals surface area (Å²) in [5.74, 6) is 0. The lowest BCUT2D eigenvalue weighted by molar-refractivity contribution is 0.0760. The van der Waals surface area contributed by atoms with Crippen molar-refractivity contribution in [1.29, 1.82) is 0 Å². The number of rotatable bonds is 2. The average Bonchev–Trinajstić information content (AvgIpc) is 1.62. The molecule has 9 heavy (non-hydrogen) atoms. The summed E-state index contributed by atoms with van der Waals surface area (Å²) in [5, 5.41) is 8.45. The molecule has 0 aromatic rings. The zero-order valence-electron chi connectivity index (χ0n) is 5.31. The summed E-state index contributed by atoms with van der Waals surface area (Å²) in [5.41, 5.74) is 5.22. The maximum absolute atomic E-state index is 12.2. The molecule has 1 rings (SSSR count). The molecule has 1 aliphatic carbocycles. The first kappa shape index (κ1) is 6.96. The Labute approximate surface area is 53.9 Å². The quantitative estimate of drug-likeness (QED) is 0.565. The van der Waals surface area contributed by atoms with Crippen molar-refractivity contribution in [2.45, 2.75) is 31.0 Å². The van der Waals surface area contributed by atoms with Crippen molar-refractivity contribution in [3.63, 3.8) is 0 Å². The molecule has 0 spiro atoms. The van der Waals surface area contributed by atoms with Gasteiger partial charge in [-0.1, -0.05) is 0 Å². The molecule has 3 N–H and O–H groups in total. The van der Waals surface area contributed by atoms with Crippen LogP contribution < -0.4 is 5.73 Å². The smallest absolute Gasteiger partial charge is 0.104 e. The maximum Gasteiger partial charge on any atom is 0.104 e. The topological polar surface area (TPSA) is 46.2 Å². The Morgan fingerprint density at radius 3 is 2.56 bits per heavy atom. The van der Waals surface area contributed by atoms with Crippen LogP contribution in [0.1, 0.15) is 19.3 Å². The van der Waals surface area contributed by atoms with Gasteiger partial charge in [0.1, 0.15) is 6.17 Å². The predicted molar refractivity (Wildman–Crippen MR) is 32.8 cm³/mol. The summed E-state index contributed by atoms with van der Waals surface area (Å²) in [6.07, 6.45) is 0.663. The van der Waals surface area contributed by atoms with Crippen molar-refractivity contribution in [1.82, 2.24) is 0 Å². The van der Waals surface area contributed by atoms with Gasteiger partial charge in [0, 0.05) is 12.1 Å². The van der Waals surface area contributed by atoms with E-state index in [1.54, 1.807) is 0 Å². The second-order valence-electron chi connectivity index (χ2n) is 2.84. The van der Waals surface area contributed by atoms with Gasteiger partial charge in [0.15, 0.2) is 0 Å². The number of aliphatic hydroxyl groups excluding tert-OH is 1. The number of aliphatic hydroxyl groups is 1. The fourth-order valence-electron chi connectivity index (χ4n) is 1.25. The van der Waals surface area contributed by atoms with Gasteiger partial charge in [0.05, 0.1) is 0 Å². The second kappa shape index (κ2) is 2.23. The number of halogens is 1. The van der Waals surface area contributed by atoms with Gasteiger partial charge in [0.2, 0.25) is 0 Å². The highest BCUT2D eigenvalue weighted by Crippen LogP contribution is 2.34. The van der Waals surface area contributed by atoms with Gasteiger partial charge in [-0.25, -0.2) is 4.39 Å². The van der Waals surface area contributed by atoms with Crippen LogP contribution in [0.15, 0.2) is 0 Å². The van der Waals surface area contributed by atoms with Crippen LogP contribution in [0.5, 0.6) is 0 Å². The number of nitrogens with two attached hydrogens (primary N) is 1.